The summed E-state index contributed by atoms with van der Waals surface area (Å²) < 4.78 is 5.29. The van der Waals surface area contributed by atoms with Crippen LogP contribution in [0.2, 0.25) is 0 Å². The maximum atomic E-state index is 8.90. The van der Waals surface area contributed by atoms with E-state index >= 15 is 0 Å². The molecule has 6 heteroatoms. The number of nitrogens with one attached hydrogen (secondary N) is 2. The first-order chi connectivity index (χ1) is 9.17. The Morgan fingerprint density at radius 2 is 2.42 bits per heavy atom. The van der Waals surface area contributed by atoms with Gasteiger partial charge in [-0.15, -0.1) is 0 Å². The number of hydrogen-bond donors (Lipinski definition) is 2. The molecule has 102 valence electrons. The number of nitrogens with zero attached hydrogens (tertiary/aromatic N) is 3. The Morgan fingerprint density at radius 1 is 1.58 bits per heavy atom. The van der Waals surface area contributed by atoms with Gasteiger partial charge >= 0.3 is 0 Å². The van der Waals surface area contributed by atoms with Gasteiger partial charge in [0.2, 0.25) is 5.95 Å². The summed E-state index contributed by atoms with van der Waals surface area (Å²) in [6.07, 6.45) is 2.20. The molecule has 1 aliphatic rings. The predicted molar refractivity (Wildman–Crippen MR) is 71.8 cm³/mol. The molecule has 1 aromatic heterocycles. The van der Waals surface area contributed by atoms with Crippen LogP contribution in [0.25, 0.3) is 0 Å². The maximum Gasteiger partial charge on any atom is 0.224 e. The smallest absolute Gasteiger partial charge is 0.224 e. The summed E-state index contributed by atoms with van der Waals surface area (Å²) in [5.41, 5.74) is 1.11. The molecule has 1 unspecified atom stereocenters. The van der Waals surface area contributed by atoms with E-state index in [1.54, 1.807) is 13.2 Å². The Hall–Kier alpha value is -1.71. The third kappa shape index (κ3) is 3.40. The van der Waals surface area contributed by atoms with E-state index in [0.29, 0.717) is 24.8 Å². The quantitative estimate of drug-likeness (QED) is 0.817. The summed E-state index contributed by atoms with van der Waals surface area (Å²) in [6.45, 7) is 4.20. The molecule has 1 aromatic rings. The molecule has 0 spiro atoms. The third-order valence-electron chi connectivity index (χ3n) is 3.31. The van der Waals surface area contributed by atoms with E-state index in [1.165, 1.54) is 0 Å². The maximum absolute atomic E-state index is 8.90. The van der Waals surface area contributed by atoms with Gasteiger partial charge in [-0.05, 0) is 32.4 Å². The molecule has 1 fully saturated rings. The highest BCUT2D eigenvalue weighted by atomic mass is 16.5. The number of anilines is 1. The standard InChI is InChI=1S/C13H19N5O/c1-10-6-11(7-14)18-12(17-10)15-8-13(9-19-2)4-3-5-16-13/h6,16H,3-5,8-9H2,1-2H3,(H,15,17,18). The molecule has 2 heterocycles. The lowest BCUT2D eigenvalue weighted by atomic mass is 9.99. The fourth-order valence-electron chi connectivity index (χ4n) is 2.42. The summed E-state index contributed by atoms with van der Waals surface area (Å²) in [6, 6.07) is 3.71. The van der Waals surface area contributed by atoms with Gasteiger partial charge in [0.05, 0.1) is 12.1 Å². The topological polar surface area (TPSA) is 82.9 Å². The van der Waals surface area contributed by atoms with Crippen molar-refractivity contribution < 1.29 is 4.74 Å². The predicted octanol–water partition coefficient (Wildman–Crippen LogP) is 0.837. The first-order valence-electron chi connectivity index (χ1n) is 6.41. The molecular formula is C13H19N5O. The van der Waals surface area contributed by atoms with Crippen LogP contribution in [0, 0.1) is 18.3 Å². The average Bonchev–Trinajstić information content (AvgIpc) is 2.85. The molecule has 0 saturated carbocycles. The van der Waals surface area contributed by atoms with Crippen LogP contribution in [0.5, 0.6) is 0 Å². The second kappa shape index (κ2) is 5.95. The van der Waals surface area contributed by atoms with E-state index in [9.17, 15) is 0 Å². The van der Waals surface area contributed by atoms with Crippen LogP contribution < -0.4 is 10.6 Å². The Balaban J connectivity index is 2.05. The highest BCUT2D eigenvalue weighted by Gasteiger charge is 2.33. The van der Waals surface area contributed by atoms with Gasteiger partial charge in [-0.25, -0.2) is 9.97 Å². The molecule has 2 rings (SSSR count). The van der Waals surface area contributed by atoms with E-state index in [2.05, 4.69) is 20.6 Å². The van der Waals surface area contributed by atoms with Crippen molar-refractivity contribution in [2.24, 2.45) is 0 Å². The minimum atomic E-state index is -0.0609. The van der Waals surface area contributed by atoms with Crippen molar-refractivity contribution in [3.63, 3.8) is 0 Å². The zero-order chi connectivity index (χ0) is 13.7. The van der Waals surface area contributed by atoms with Gasteiger partial charge in [0.1, 0.15) is 11.8 Å². The van der Waals surface area contributed by atoms with Crippen molar-refractivity contribution in [1.82, 2.24) is 15.3 Å². The lowest BCUT2D eigenvalue weighted by Gasteiger charge is -2.28. The molecule has 2 N–H and O–H groups in total. The zero-order valence-corrected chi connectivity index (χ0v) is 11.4. The van der Waals surface area contributed by atoms with Crippen LogP contribution in [0.1, 0.15) is 24.2 Å². The van der Waals surface area contributed by atoms with Crippen molar-refractivity contribution in [3.05, 3.63) is 17.5 Å². The van der Waals surface area contributed by atoms with E-state index in [-0.39, 0.29) is 5.54 Å². The Labute approximate surface area is 113 Å². The van der Waals surface area contributed by atoms with Crippen molar-refractivity contribution in [2.75, 3.05) is 32.1 Å². The van der Waals surface area contributed by atoms with Crippen LogP contribution in [0.3, 0.4) is 0 Å². The monoisotopic (exact) mass is 261 g/mol. The van der Waals surface area contributed by atoms with Gasteiger partial charge in [-0.1, -0.05) is 0 Å². The van der Waals surface area contributed by atoms with Crippen molar-refractivity contribution >= 4 is 5.95 Å². The summed E-state index contributed by atoms with van der Waals surface area (Å²) in [5.74, 6) is 0.501. The minimum Gasteiger partial charge on any atom is -0.383 e. The molecule has 0 amide bonds. The van der Waals surface area contributed by atoms with E-state index in [0.717, 1.165) is 25.1 Å². The van der Waals surface area contributed by atoms with Crippen LogP contribution >= 0.6 is 0 Å². The van der Waals surface area contributed by atoms with Crippen molar-refractivity contribution in [1.29, 1.82) is 5.26 Å². The highest BCUT2D eigenvalue weighted by Crippen LogP contribution is 2.20. The van der Waals surface area contributed by atoms with Crippen molar-refractivity contribution in [3.8, 4) is 6.07 Å². The van der Waals surface area contributed by atoms with Gasteiger partial charge in [-0.2, -0.15) is 5.26 Å². The van der Waals surface area contributed by atoms with Crippen LogP contribution in [0.4, 0.5) is 5.95 Å². The number of ether oxygens (including phenoxy) is 1. The molecule has 19 heavy (non-hydrogen) atoms. The van der Waals surface area contributed by atoms with E-state index in [4.69, 9.17) is 10.00 Å². The first-order valence-corrected chi connectivity index (χ1v) is 6.41. The highest BCUT2D eigenvalue weighted by molar-refractivity contribution is 5.33. The SMILES string of the molecule is COCC1(CNc2nc(C)cc(C#N)n2)CCCN1. The lowest BCUT2D eigenvalue weighted by Crippen LogP contribution is -2.49. The lowest BCUT2D eigenvalue weighted by molar-refractivity contribution is 0.127. The molecule has 1 aliphatic heterocycles. The summed E-state index contributed by atoms with van der Waals surface area (Å²) in [7, 11) is 1.71. The molecule has 1 atom stereocenters. The number of aryl methyl sites for hydroxylation is 1. The first kappa shape index (κ1) is 13.7. The average molecular weight is 261 g/mol. The minimum absolute atomic E-state index is 0.0609. The van der Waals surface area contributed by atoms with Crippen LogP contribution in [-0.2, 0) is 4.74 Å². The van der Waals surface area contributed by atoms with Gasteiger partial charge in [-0.3, -0.25) is 0 Å². The van der Waals surface area contributed by atoms with Gasteiger partial charge in [0.25, 0.3) is 0 Å². The summed E-state index contributed by atoms with van der Waals surface area (Å²) in [4.78, 5) is 8.44. The molecule has 0 bridgehead atoms. The summed E-state index contributed by atoms with van der Waals surface area (Å²) in [5, 5.41) is 15.6. The van der Waals surface area contributed by atoms with E-state index < -0.39 is 0 Å². The zero-order valence-electron chi connectivity index (χ0n) is 11.4. The number of methoxy groups -OCH3 is 1. The molecule has 0 aliphatic carbocycles. The number of nitriles is 1. The van der Waals surface area contributed by atoms with Crippen molar-refractivity contribution in [2.45, 2.75) is 25.3 Å². The van der Waals surface area contributed by atoms with E-state index in [1.807, 2.05) is 13.0 Å². The summed E-state index contributed by atoms with van der Waals surface area (Å²) >= 11 is 0. The Kier molecular flexibility index (Phi) is 4.30. The molecular weight excluding hydrogens is 242 g/mol. The van der Waals surface area contributed by atoms with Gasteiger partial charge < -0.3 is 15.4 Å². The number of rotatable bonds is 5. The number of aromatic nitrogens is 2. The second-order valence-electron chi connectivity index (χ2n) is 4.93. The molecule has 6 nitrogen and oxygen atoms in total. The normalized spacial score (nSPS) is 22.2. The number of hydrogen-bond acceptors (Lipinski definition) is 6. The van der Waals surface area contributed by atoms with Crippen LogP contribution in [-0.4, -0.2) is 42.3 Å². The second-order valence-corrected chi connectivity index (χ2v) is 4.93. The van der Waals surface area contributed by atoms with Gasteiger partial charge in [0.15, 0.2) is 0 Å². The molecule has 1 saturated heterocycles. The Morgan fingerprint density at radius 3 is 3.05 bits per heavy atom. The fourth-order valence-corrected chi connectivity index (χ4v) is 2.42. The van der Waals surface area contributed by atoms with Gasteiger partial charge in [0, 0.05) is 19.3 Å². The largest absolute Gasteiger partial charge is 0.383 e. The molecule has 0 aromatic carbocycles. The van der Waals surface area contributed by atoms with Crippen LogP contribution in [0.15, 0.2) is 6.07 Å². The fraction of sp³-hybridized carbons (Fsp3) is 0.615. The molecule has 0 radical (unpaired) electrons. The Bertz CT molecular complexity index is 476. The third-order valence-corrected chi connectivity index (χ3v) is 3.31.